The first-order valence-electron chi connectivity index (χ1n) is 9.76. The number of hydrogen-bond acceptors (Lipinski definition) is 0. The zero-order valence-electron chi connectivity index (χ0n) is 15.5. The summed E-state index contributed by atoms with van der Waals surface area (Å²) in [6.45, 7) is 8.88. The molecule has 2 rings (SSSR count). The molecule has 0 aromatic carbocycles. The molecule has 0 aromatic heterocycles. The van der Waals surface area contributed by atoms with Gasteiger partial charge in [0.15, 0.2) is 0 Å². The molecule has 0 saturated carbocycles. The van der Waals surface area contributed by atoms with Crippen molar-refractivity contribution >= 4 is 34.0 Å². The number of halogens is 2. The average Bonchev–Trinajstić information content (AvgIpc) is 2.62. The third-order valence-electron chi connectivity index (χ3n) is 4.06. The third kappa shape index (κ3) is 19.5. The molecule has 0 aliphatic carbocycles. The van der Waals surface area contributed by atoms with Crippen molar-refractivity contribution < 1.29 is 0 Å². The Kier molecular flexibility index (Phi) is 19.1. The zero-order valence-corrected chi connectivity index (χ0v) is 19.8. The molecule has 2 nitrogen and oxygen atoms in total. The minimum atomic E-state index is -2.49. The van der Waals surface area contributed by atoms with Gasteiger partial charge in [0.2, 0.25) is 0 Å². The third-order valence-corrected chi connectivity index (χ3v) is 15.3. The van der Waals surface area contributed by atoms with Crippen LogP contribution in [0, 0.1) is 0 Å². The summed E-state index contributed by atoms with van der Waals surface area (Å²) in [5.74, 6) is 0. The van der Waals surface area contributed by atoms with Crippen molar-refractivity contribution in [2.24, 2.45) is 0 Å². The summed E-state index contributed by atoms with van der Waals surface area (Å²) in [6.07, 6.45) is 13.1. The van der Waals surface area contributed by atoms with Gasteiger partial charge in [-0.15, -0.1) is 26.2 Å². The van der Waals surface area contributed by atoms with Gasteiger partial charge in [-0.05, 0) is 0 Å². The molecule has 2 aliphatic rings. The molecular formula is C18H38Cl2N2Sn-2. The predicted molar refractivity (Wildman–Crippen MR) is 111 cm³/mol. The van der Waals surface area contributed by atoms with E-state index in [1.807, 2.05) is 0 Å². The molecule has 23 heavy (non-hydrogen) atoms. The van der Waals surface area contributed by atoms with Crippen molar-refractivity contribution in [1.82, 2.24) is 0 Å². The normalized spacial score (nSPS) is 18.3. The average molecular weight is 472 g/mol. The monoisotopic (exact) mass is 472 g/mol. The van der Waals surface area contributed by atoms with Gasteiger partial charge in [0.25, 0.3) is 0 Å². The fraction of sp³-hybridized carbons (Fsp3) is 1.00. The summed E-state index contributed by atoms with van der Waals surface area (Å²) in [5, 5.41) is 8.35. The van der Waals surface area contributed by atoms with E-state index in [4.69, 9.17) is 17.8 Å². The van der Waals surface area contributed by atoms with Crippen molar-refractivity contribution in [3.05, 3.63) is 10.6 Å². The molecule has 2 heterocycles. The summed E-state index contributed by atoms with van der Waals surface area (Å²) in [7, 11) is 12.5. The second kappa shape index (κ2) is 18.1. The van der Waals surface area contributed by atoms with Gasteiger partial charge in [-0.1, -0.05) is 38.5 Å². The van der Waals surface area contributed by atoms with Crippen molar-refractivity contribution in [1.29, 1.82) is 0 Å². The van der Waals surface area contributed by atoms with Gasteiger partial charge < -0.3 is 10.6 Å². The SMILES string of the molecule is C1CC[N-]CC1.C1CC[N-]CC1.CCC[CH2][Sn]([Cl])([Cl])[CH2]CCC. The molecular weight excluding hydrogens is 434 g/mol. The van der Waals surface area contributed by atoms with Crippen LogP contribution in [0.3, 0.4) is 0 Å². The van der Waals surface area contributed by atoms with Crippen molar-refractivity contribution in [2.45, 2.75) is 86.9 Å². The van der Waals surface area contributed by atoms with Crippen LogP contribution in [0.25, 0.3) is 10.6 Å². The topological polar surface area (TPSA) is 28.2 Å². The van der Waals surface area contributed by atoms with Crippen LogP contribution in [0.4, 0.5) is 0 Å². The molecule has 0 amide bonds. The number of unbranched alkanes of at least 4 members (excludes halogenated alkanes) is 2. The Morgan fingerprint density at radius 2 is 1.00 bits per heavy atom. The van der Waals surface area contributed by atoms with Crippen LogP contribution >= 0.6 is 17.8 Å². The fourth-order valence-electron chi connectivity index (χ4n) is 2.47. The molecule has 0 atom stereocenters. The standard InChI is InChI=1S/2C5H10N.2C4H9.2ClH.Sn/c2*1-2-4-6-5-3-1;2*1-3-4-2;;;/h2*1-5H2;2*1,3-4H2,2H3;2*1H;/q2*-1;;;;;+2/p-2. The van der Waals surface area contributed by atoms with Crippen LogP contribution < -0.4 is 0 Å². The minimum absolute atomic E-state index is 1.12. The molecule has 2 fully saturated rings. The molecule has 2 aliphatic heterocycles. The number of rotatable bonds is 6. The Morgan fingerprint density at radius 3 is 1.17 bits per heavy atom. The molecule has 0 spiro atoms. The van der Waals surface area contributed by atoms with E-state index in [0.29, 0.717) is 0 Å². The van der Waals surface area contributed by atoms with Crippen LogP contribution in [0.1, 0.15) is 78.1 Å². The van der Waals surface area contributed by atoms with Crippen LogP contribution in [0.15, 0.2) is 0 Å². The summed E-state index contributed by atoms with van der Waals surface area (Å²) in [5.41, 5.74) is 0. The van der Waals surface area contributed by atoms with Gasteiger partial charge in [0.1, 0.15) is 0 Å². The molecule has 0 aromatic rings. The molecule has 140 valence electrons. The second-order valence-electron chi connectivity index (χ2n) is 6.53. The Bertz CT molecular complexity index is 188. The second-order valence-corrected chi connectivity index (χ2v) is 25.3. The molecule has 0 N–H and O–H groups in total. The van der Waals surface area contributed by atoms with Gasteiger partial charge in [-0.25, -0.2) is 0 Å². The number of piperidine rings is 2. The van der Waals surface area contributed by atoms with Gasteiger partial charge in [0.05, 0.1) is 0 Å². The first-order valence-corrected chi connectivity index (χ1v) is 21.0. The van der Waals surface area contributed by atoms with E-state index in [9.17, 15) is 0 Å². The Labute approximate surface area is 157 Å². The maximum atomic E-state index is 6.27. The molecule has 0 bridgehead atoms. The van der Waals surface area contributed by atoms with Crippen molar-refractivity contribution in [3.8, 4) is 0 Å². The zero-order chi connectivity index (χ0) is 17.2. The molecule has 5 heteroatoms. The van der Waals surface area contributed by atoms with E-state index >= 15 is 0 Å². The summed E-state index contributed by atoms with van der Waals surface area (Å²) in [6, 6.07) is 0. The Balaban J connectivity index is 0.000000339. The first kappa shape index (κ1) is 24.3. The van der Waals surface area contributed by atoms with Gasteiger partial charge in [-0.3, -0.25) is 0 Å². The Morgan fingerprint density at radius 1 is 0.652 bits per heavy atom. The fourth-order valence-corrected chi connectivity index (χ4v) is 11.7. The number of hydrogen-bond donors (Lipinski definition) is 0. The van der Waals surface area contributed by atoms with Crippen LogP contribution in [-0.4, -0.2) is 42.3 Å². The molecule has 0 radical (unpaired) electrons. The van der Waals surface area contributed by atoms with E-state index < -0.39 is 16.1 Å². The Hall–Kier alpha value is 1.30. The van der Waals surface area contributed by atoms with Gasteiger partial charge >= 0.3 is 82.4 Å². The summed E-state index contributed by atoms with van der Waals surface area (Å²) < 4.78 is 2.29. The van der Waals surface area contributed by atoms with E-state index in [0.717, 1.165) is 35.1 Å². The predicted octanol–water partition coefficient (Wildman–Crippen LogP) is 7.59. The van der Waals surface area contributed by atoms with E-state index in [-0.39, 0.29) is 0 Å². The van der Waals surface area contributed by atoms with E-state index in [1.54, 1.807) is 0 Å². The van der Waals surface area contributed by atoms with Gasteiger partial charge in [0, 0.05) is 0 Å². The van der Waals surface area contributed by atoms with Crippen LogP contribution in [-0.2, 0) is 0 Å². The summed E-state index contributed by atoms with van der Waals surface area (Å²) in [4.78, 5) is 0. The molecule has 2 saturated heterocycles. The van der Waals surface area contributed by atoms with Crippen molar-refractivity contribution in [3.63, 3.8) is 0 Å². The first-order chi connectivity index (χ1) is 11.1. The quantitative estimate of drug-likeness (QED) is 0.357. The summed E-state index contributed by atoms with van der Waals surface area (Å²) >= 11 is -2.49. The van der Waals surface area contributed by atoms with Crippen LogP contribution in [0.5, 0.6) is 0 Å². The van der Waals surface area contributed by atoms with Crippen LogP contribution in [0.2, 0.25) is 8.87 Å². The van der Waals surface area contributed by atoms with Crippen molar-refractivity contribution in [2.75, 3.05) is 26.2 Å². The van der Waals surface area contributed by atoms with E-state index in [1.165, 1.54) is 64.2 Å². The van der Waals surface area contributed by atoms with E-state index in [2.05, 4.69) is 24.5 Å². The van der Waals surface area contributed by atoms with Gasteiger partial charge in [-0.2, -0.15) is 0 Å². The number of nitrogens with zero attached hydrogens (tertiary/aromatic N) is 2. The molecule has 0 unspecified atom stereocenters. The maximum absolute atomic E-state index is 6.27.